The van der Waals surface area contributed by atoms with Crippen molar-refractivity contribution >= 4 is 11.5 Å². The molecule has 0 aliphatic carbocycles. The van der Waals surface area contributed by atoms with E-state index in [0.29, 0.717) is 30.0 Å². The molecular formula is C24H25NO3. The van der Waals surface area contributed by atoms with Crippen LogP contribution in [0.1, 0.15) is 27.0 Å². The molecule has 0 aromatic heterocycles. The number of carbonyl (C=O) groups excluding carboxylic acids is 1. The van der Waals surface area contributed by atoms with Crippen molar-refractivity contribution in [2.45, 2.75) is 19.9 Å². The molecular weight excluding hydrogens is 350 g/mol. The number of methoxy groups -OCH3 is 2. The number of anilines is 1. The average molecular weight is 375 g/mol. The number of hydrogen-bond donors (Lipinski definition) is 1. The molecule has 0 heterocycles. The Morgan fingerprint density at radius 1 is 0.857 bits per heavy atom. The van der Waals surface area contributed by atoms with Crippen molar-refractivity contribution in [3.63, 3.8) is 0 Å². The molecule has 0 aliphatic rings. The fraction of sp³-hybridized carbons (Fsp3) is 0.208. The summed E-state index contributed by atoms with van der Waals surface area (Å²) < 4.78 is 10.9. The van der Waals surface area contributed by atoms with Gasteiger partial charge in [0, 0.05) is 24.2 Å². The molecule has 4 nitrogen and oxygen atoms in total. The zero-order valence-corrected chi connectivity index (χ0v) is 16.5. The van der Waals surface area contributed by atoms with Gasteiger partial charge in [0.1, 0.15) is 0 Å². The number of benzene rings is 3. The highest BCUT2D eigenvalue weighted by atomic mass is 16.5. The van der Waals surface area contributed by atoms with E-state index in [1.807, 2.05) is 54.6 Å². The molecule has 3 aromatic rings. The van der Waals surface area contributed by atoms with Gasteiger partial charge in [-0.3, -0.25) is 4.79 Å². The van der Waals surface area contributed by atoms with E-state index < -0.39 is 0 Å². The van der Waals surface area contributed by atoms with E-state index in [-0.39, 0.29) is 5.78 Å². The Morgan fingerprint density at radius 2 is 1.46 bits per heavy atom. The van der Waals surface area contributed by atoms with Gasteiger partial charge in [-0.25, -0.2) is 0 Å². The summed E-state index contributed by atoms with van der Waals surface area (Å²) in [6, 6.07) is 21.4. The molecule has 3 aromatic carbocycles. The van der Waals surface area contributed by atoms with Crippen LogP contribution in [0.3, 0.4) is 0 Å². The van der Waals surface area contributed by atoms with E-state index >= 15 is 0 Å². The second-order valence-electron chi connectivity index (χ2n) is 6.66. The lowest BCUT2D eigenvalue weighted by Gasteiger charge is -2.16. The molecule has 0 unspecified atom stereocenters. The molecule has 1 N–H and O–H groups in total. The van der Waals surface area contributed by atoms with Crippen LogP contribution in [0.5, 0.6) is 11.5 Å². The zero-order valence-electron chi connectivity index (χ0n) is 16.5. The fourth-order valence-electron chi connectivity index (χ4n) is 3.06. The largest absolute Gasteiger partial charge is 0.493 e. The maximum absolute atomic E-state index is 12.7. The van der Waals surface area contributed by atoms with Gasteiger partial charge < -0.3 is 14.8 Å². The Hall–Kier alpha value is -3.27. The number of Topliss-reactive ketones (excluding diaryl/α,β-unsaturated/α-hetero) is 1. The highest BCUT2D eigenvalue weighted by Crippen LogP contribution is 2.31. The van der Waals surface area contributed by atoms with Crippen LogP contribution in [0.2, 0.25) is 0 Å². The molecule has 0 saturated carbocycles. The third kappa shape index (κ3) is 4.71. The Labute approximate surface area is 166 Å². The molecule has 4 heteroatoms. The van der Waals surface area contributed by atoms with Crippen LogP contribution in [0, 0.1) is 6.92 Å². The number of ether oxygens (including phenoxy) is 2. The van der Waals surface area contributed by atoms with Crippen LogP contribution in [-0.2, 0) is 13.0 Å². The first-order chi connectivity index (χ1) is 13.6. The second kappa shape index (κ2) is 9.09. The van der Waals surface area contributed by atoms with Crippen LogP contribution >= 0.6 is 0 Å². The molecule has 0 amide bonds. The van der Waals surface area contributed by atoms with E-state index in [9.17, 15) is 4.79 Å². The molecule has 3 rings (SSSR count). The third-order valence-electron chi connectivity index (χ3n) is 4.69. The van der Waals surface area contributed by atoms with Gasteiger partial charge in [0.15, 0.2) is 17.3 Å². The van der Waals surface area contributed by atoms with Crippen LogP contribution < -0.4 is 14.8 Å². The highest BCUT2D eigenvalue weighted by Gasteiger charge is 2.15. The lowest BCUT2D eigenvalue weighted by molar-refractivity contribution is 0.0992. The van der Waals surface area contributed by atoms with Gasteiger partial charge in [0.25, 0.3) is 0 Å². The summed E-state index contributed by atoms with van der Waals surface area (Å²) in [5, 5.41) is 3.42. The van der Waals surface area contributed by atoms with Crippen molar-refractivity contribution in [1.82, 2.24) is 0 Å². The van der Waals surface area contributed by atoms with Gasteiger partial charge in [-0.2, -0.15) is 0 Å². The minimum atomic E-state index is 0.0735. The number of rotatable bonds is 8. The molecule has 0 saturated heterocycles. The number of ketones is 1. The summed E-state index contributed by atoms with van der Waals surface area (Å²) in [6.45, 7) is 2.65. The maximum Gasteiger partial charge on any atom is 0.167 e. The quantitative estimate of drug-likeness (QED) is 0.560. The molecule has 0 bridgehead atoms. The lowest BCUT2D eigenvalue weighted by atomic mass is 9.97. The third-order valence-corrected chi connectivity index (χ3v) is 4.69. The molecule has 0 aliphatic heterocycles. The summed E-state index contributed by atoms with van der Waals surface area (Å²) in [5.41, 5.74) is 4.87. The maximum atomic E-state index is 12.7. The fourth-order valence-corrected chi connectivity index (χ4v) is 3.06. The molecule has 0 fully saturated rings. The predicted molar refractivity (Wildman–Crippen MR) is 113 cm³/mol. The normalized spacial score (nSPS) is 10.4. The van der Waals surface area contributed by atoms with E-state index in [1.54, 1.807) is 14.2 Å². The summed E-state index contributed by atoms with van der Waals surface area (Å²) in [5.74, 6) is 1.35. The Morgan fingerprint density at radius 3 is 2.07 bits per heavy atom. The Balaban J connectivity index is 1.87. The summed E-state index contributed by atoms with van der Waals surface area (Å²) in [4.78, 5) is 12.7. The van der Waals surface area contributed by atoms with Crippen LogP contribution in [0.25, 0.3) is 0 Å². The topological polar surface area (TPSA) is 47.6 Å². The van der Waals surface area contributed by atoms with Gasteiger partial charge in [-0.15, -0.1) is 0 Å². The summed E-state index contributed by atoms with van der Waals surface area (Å²) in [7, 11) is 3.22. The SMILES string of the molecule is COc1cc(CNc2ccc(C)cc2)c(CC(=O)c2ccccc2)cc1OC. The van der Waals surface area contributed by atoms with Gasteiger partial charge in [0.05, 0.1) is 14.2 Å². The average Bonchev–Trinajstić information content (AvgIpc) is 2.74. The zero-order chi connectivity index (χ0) is 19.9. The van der Waals surface area contributed by atoms with Gasteiger partial charge in [0.2, 0.25) is 0 Å². The number of hydrogen-bond acceptors (Lipinski definition) is 4. The lowest BCUT2D eigenvalue weighted by Crippen LogP contribution is -2.09. The summed E-state index contributed by atoms with van der Waals surface area (Å²) >= 11 is 0. The van der Waals surface area contributed by atoms with Gasteiger partial charge in [-0.1, -0.05) is 48.0 Å². The van der Waals surface area contributed by atoms with Crippen molar-refractivity contribution in [3.05, 3.63) is 89.0 Å². The first kappa shape index (κ1) is 19.5. The Bertz CT molecular complexity index is 934. The van der Waals surface area contributed by atoms with E-state index in [0.717, 1.165) is 16.8 Å². The molecule has 144 valence electrons. The van der Waals surface area contributed by atoms with Crippen molar-refractivity contribution in [1.29, 1.82) is 0 Å². The second-order valence-corrected chi connectivity index (χ2v) is 6.66. The Kier molecular flexibility index (Phi) is 6.33. The van der Waals surface area contributed by atoms with Crippen LogP contribution in [0.4, 0.5) is 5.69 Å². The van der Waals surface area contributed by atoms with Crippen LogP contribution in [0.15, 0.2) is 66.7 Å². The monoisotopic (exact) mass is 375 g/mol. The minimum Gasteiger partial charge on any atom is -0.493 e. The highest BCUT2D eigenvalue weighted by molar-refractivity contribution is 5.97. The number of aryl methyl sites for hydroxylation is 1. The number of nitrogens with one attached hydrogen (secondary N) is 1. The van der Waals surface area contributed by atoms with Crippen molar-refractivity contribution < 1.29 is 14.3 Å². The van der Waals surface area contributed by atoms with E-state index in [4.69, 9.17) is 9.47 Å². The van der Waals surface area contributed by atoms with Crippen molar-refractivity contribution in [2.24, 2.45) is 0 Å². The minimum absolute atomic E-state index is 0.0735. The van der Waals surface area contributed by atoms with Crippen molar-refractivity contribution in [3.8, 4) is 11.5 Å². The van der Waals surface area contributed by atoms with Crippen molar-refractivity contribution in [2.75, 3.05) is 19.5 Å². The summed E-state index contributed by atoms with van der Waals surface area (Å²) in [6.07, 6.45) is 0.301. The molecule has 0 radical (unpaired) electrons. The van der Waals surface area contributed by atoms with E-state index in [1.165, 1.54) is 5.56 Å². The standard InChI is InChI=1S/C24H25NO3/c1-17-9-11-21(12-10-17)25-16-20-15-24(28-3)23(27-2)14-19(20)13-22(26)18-7-5-4-6-8-18/h4-12,14-15,25H,13,16H2,1-3H3. The molecule has 0 atom stereocenters. The predicted octanol–water partition coefficient (Wildman–Crippen LogP) is 5.05. The van der Waals surface area contributed by atoms with Crippen LogP contribution in [-0.4, -0.2) is 20.0 Å². The van der Waals surface area contributed by atoms with Gasteiger partial charge in [-0.05, 0) is 42.3 Å². The number of carbonyl (C=O) groups is 1. The smallest absolute Gasteiger partial charge is 0.167 e. The molecule has 28 heavy (non-hydrogen) atoms. The van der Waals surface area contributed by atoms with E-state index in [2.05, 4.69) is 24.4 Å². The van der Waals surface area contributed by atoms with Gasteiger partial charge >= 0.3 is 0 Å². The first-order valence-corrected chi connectivity index (χ1v) is 9.23. The first-order valence-electron chi connectivity index (χ1n) is 9.23. The molecule has 0 spiro atoms.